The van der Waals surface area contributed by atoms with Crippen molar-refractivity contribution in [2.75, 3.05) is 0 Å². The van der Waals surface area contributed by atoms with Gasteiger partial charge in [0.05, 0.1) is 17.2 Å². The molecule has 0 spiro atoms. The highest BCUT2D eigenvalue weighted by Crippen LogP contribution is 2.47. The van der Waals surface area contributed by atoms with Crippen LogP contribution < -0.4 is 16.6 Å². The van der Waals surface area contributed by atoms with E-state index in [0.29, 0.717) is 5.56 Å². The average Bonchev–Trinajstić information content (AvgIpc) is 3.10. The number of nitrogens with zero attached hydrogens (tertiary/aromatic N) is 2. The smallest absolute Gasteiger partial charge is 0.335 e. The predicted molar refractivity (Wildman–Crippen MR) is 94.6 cm³/mol. The van der Waals surface area contributed by atoms with Crippen LogP contribution in [-0.4, -0.2) is 22.3 Å². The molecule has 0 bridgehead atoms. The molecule has 1 aromatic carbocycles. The zero-order valence-corrected chi connectivity index (χ0v) is 14.2. The average molecular weight is 363 g/mol. The lowest BCUT2D eigenvalue weighted by atomic mass is 9.73. The van der Waals surface area contributed by atoms with Gasteiger partial charge in [-0.1, -0.05) is 18.2 Å². The van der Waals surface area contributed by atoms with Crippen LogP contribution in [0.1, 0.15) is 33.4 Å². The topological polar surface area (TPSA) is 133 Å². The van der Waals surface area contributed by atoms with Crippen molar-refractivity contribution in [3.63, 3.8) is 0 Å². The Morgan fingerprint density at radius 3 is 2.67 bits per heavy atom. The normalized spacial score (nSPS) is 26.8. The maximum atomic E-state index is 11.8. The number of hydrazine groups is 1. The Hall–Kier alpha value is -3.41. The minimum Gasteiger partial charge on any atom is -0.478 e. The number of fused-ring (bicyclic) bond motifs is 1. The second kappa shape index (κ2) is 6.72. The molecule has 2 aromatic rings. The van der Waals surface area contributed by atoms with Crippen LogP contribution in [0.3, 0.4) is 0 Å². The Bertz CT molecular complexity index is 953. The molecule has 4 unspecified atom stereocenters. The standard InChI is InChI=1S/C19H17N5O3/c20-9-13-14(11-3-1-2-4-12(11)19(25)26)15-16(10-5-7-22-8-6-10)23-24-18(15)27-17(13)21/h1-8,14-16,18,23-24H,21H2,(H,25,26). The van der Waals surface area contributed by atoms with Gasteiger partial charge in [0.2, 0.25) is 5.88 Å². The number of allylic oxidation sites excluding steroid dienone is 1. The van der Waals surface area contributed by atoms with Crippen LogP contribution in [0, 0.1) is 17.2 Å². The molecule has 8 nitrogen and oxygen atoms in total. The largest absolute Gasteiger partial charge is 0.478 e. The molecule has 4 atom stereocenters. The summed E-state index contributed by atoms with van der Waals surface area (Å²) in [5, 5.41) is 19.4. The first-order valence-corrected chi connectivity index (χ1v) is 8.41. The molecule has 5 N–H and O–H groups in total. The van der Waals surface area contributed by atoms with Gasteiger partial charge in [-0.3, -0.25) is 4.98 Å². The van der Waals surface area contributed by atoms with Crippen molar-refractivity contribution in [1.82, 2.24) is 15.8 Å². The molecule has 0 aliphatic carbocycles. The maximum Gasteiger partial charge on any atom is 0.335 e. The summed E-state index contributed by atoms with van der Waals surface area (Å²) in [5.74, 6) is -1.87. The number of aromatic carboxylic acids is 1. The van der Waals surface area contributed by atoms with Gasteiger partial charge in [0, 0.05) is 24.2 Å². The van der Waals surface area contributed by atoms with E-state index >= 15 is 0 Å². The molecule has 27 heavy (non-hydrogen) atoms. The van der Waals surface area contributed by atoms with Crippen molar-refractivity contribution in [3.8, 4) is 6.07 Å². The molecule has 0 amide bonds. The number of carboxylic acids is 1. The summed E-state index contributed by atoms with van der Waals surface area (Å²) in [4.78, 5) is 15.8. The monoisotopic (exact) mass is 363 g/mol. The van der Waals surface area contributed by atoms with Crippen LogP contribution in [0.2, 0.25) is 0 Å². The van der Waals surface area contributed by atoms with Gasteiger partial charge in [-0.25, -0.2) is 15.6 Å². The molecule has 3 heterocycles. The van der Waals surface area contributed by atoms with E-state index in [9.17, 15) is 15.2 Å². The quantitative estimate of drug-likeness (QED) is 0.643. The van der Waals surface area contributed by atoms with Gasteiger partial charge in [-0.2, -0.15) is 5.26 Å². The highest BCUT2D eigenvalue weighted by Gasteiger charge is 2.49. The van der Waals surface area contributed by atoms with Gasteiger partial charge in [-0.05, 0) is 29.3 Å². The Balaban J connectivity index is 1.89. The number of carboxylic acid groups (broad SMARTS) is 1. The van der Waals surface area contributed by atoms with Gasteiger partial charge in [-0.15, -0.1) is 0 Å². The van der Waals surface area contributed by atoms with Crippen molar-refractivity contribution in [1.29, 1.82) is 5.26 Å². The number of rotatable bonds is 3. The summed E-state index contributed by atoms with van der Waals surface area (Å²) in [7, 11) is 0. The number of hydrogen-bond acceptors (Lipinski definition) is 7. The number of nitrogens with one attached hydrogen (secondary N) is 2. The molecule has 0 saturated carbocycles. The molecule has 1 saturated heterocycles. The van der Waals surface area contributed by atoms with Crippen LogP contribution in [-0.2, 0) is 4.74 Å². The summed E-state index contributed by atoms with van der Waals surface area (Å²) in [6.45, 7) is 0. The minimum absolute atomic E-state index is 0.00798. The van der Waals surface area contributed by atoms with Crippen LogP contribution in [0.15, 0.2) is 60.2 Å². The van der Waals surface area contributed by atoms with Gasteiger partial charge in [0.15, 0.2) is 6.23 Å². The van der Waals surface area contributed by atoms with E-state index in [1.807, 2.05) is 12.1 Å². The fourth-order valence-corrected chi connectivity index (χ4v) is 3.89. The van der Waals surface area contributed by atoms with E-state index < -0.39 is 18.1 Å². The van der Waals surface area contributed by atoms with Crippen LogP contribution >= 0.6 is 0 Å². The third-order valence-electron chi connectivity index (χ3n) is 5.04. The summed E-state index contributed by atoms with van der Waals surface area (Å²) in [6, 6.07) is 12.3. The molecular weight excluding hydrogens is 346 g/mol. The number of nitrogens with two attached hydrogens (primary N) is 1. The molecule has 136 valence electrons. The highest BCUT2D eigenvalue weighted by atomic mass is 16.5. The fourth-order valence-electron chi connectivity index (χ4n) is 3.89. The Morgan fingerprint density at radius 2 is 1.96 bits per heavy atom. The molecular formula is C19H17N5O3. The Kier molecular flexibility index (Phi) is 4.24. The van der Waals surface area contributed by atoms with Gasteiger partial charge in [0.25, 0.3) is 0 Å². The molecule has 1 aromatic heterocycles. The summed E-state index contributed by atoms with van der Waals surface area (Å²) in [6.07, 6.45) is 2.86. The number of carbonyl (C=O) groups is 1. The number of benzene rings is 1. The number of hydrogen-bond donors (Lipinski definition) is 4. The number of pyridine rings is 1. The molecule has 8 heteroatoms. The first kappa shape index (κ1) is 17.0. The third kappa shape index (κ3) is 2.79. The SMILES string of the molecule is N#CC1=C(N)OC2NNC(c3ccncc3)C2C1c1ccccc1C(=O)O. The van der Waals surface area contributed by atoms with E-state index in [1.54, 1.807) is 30.6 Å². The maximum absolute atomic E-state index is 11.8. The van der Waals surface area contributed by atoms with E-state index in [0.717, 1.165) is 5.56 Å². The predicted octanol–water partition coefficient (Wildman–Crippen LogP) is 1.38. The lowest BCUT2D eigenvalue weighted by Crippen LogP contribution is -2.41. The third-order valence-corrected chi connectivity index (χ3v) is 5.04. The molecule has 1 fully saturated rings. The zero-order chi connectivity index (χ0) is 19.0. The second-order valence-corrected chi connectivity index (χ2v) is 6.42. The van der Waals surface area contributed by atoms with Crippen molar-refractivity contribution in [3.05, 3.63) is 76.9 Å². The molecule has 2 aliphatic heterocycles. The first-order chi connectivity index (χ1) is 13.1. The first-order valence-electron chi connectivity index (χ1n) is 8.41. The molecule has 2 aliphatic rings. The van der Waals surface area contributed by atoms with E-state index in [2.05, 4.69) is 21.9 Å². The number of aromatic nitrogens is 1. The van der Waals surface area contributed by atoms with Crippen LogP contribution in [0.5, 0.6) is 0 Å². The second-order valence-electron chi connectivity index (χ2n) is 6.42. The van der Waals surface area contributed by atoms with Crippen molar-refractivity contribution in [2.24, 2.45) is 11.7 Å². The van der Waals surface area contributed by atoms with Crippen molar-refractivity contribution < 1.29 is 14.6 Å². The van der Waals surface area contributed by atoms with E-state index in [4.69, 9.17) is 10.5 Å². The summed E-state index contributed by atoms with van der Waals surface area (Å²) in [5.41, 5.74) is 14.1. The Labute approximate surface area is 155 Å². The van der Waals surface area contributed by atoms with Gasteiger partial charge >= 0.3 is 5.97 Å². The molecule has 4 rings (SSSR count). The lowest BCUT2D eigenvalue weighted by Gasteiger charge is -2.36. The van der Waals surface area contributed by atoms with E-state index in [-0.39, 0.29) is 29.0 Å². The number of ether oxygens (including phenoxy) is 1. The summed E-state index contributed by atoms with van der Waals surface area (Å²) >= 11 is 0. The lowest BCUT2D eigenvalue weighted by molar-refractivity contribution is 0.0336. The summed E-state index contributed by atoms with van der Waals surface area (Å²) < 4.78 is 5.72. The highest BCUT2D eigenvalue weighted by molar-refractivity contribution is 5.90. The van der Waals surface area contributed by atoms with Crippen molar-refractivity contribution in [2.45, 2.75) is 18.2 Å². The fraction of sp³-hybridized carbons (Fsp3) is 0.211. The minimum atomic E-state index is -1.05. The van der Waals surface area contributed by atoms with Gasteiger partial charge in [0.1, 0.15) is 6.07 Å². The van der Waals surface area contributed by atoms with Crippen LogP contribution in [0.4, 0.5) is 0 Å². The number of nitriles is 1. The van der Waals surface area contributed by atoms with Gasteiger partial charge < -0.3 is 15.6 Å². The van der Waals surface area contributed by atoms with Crippen molar-refractivity contribution >= 4 is 5.97 Å². The van der Waals surface area contributed by atoms with E-state index in [1.165, 1.54) is 6.07 Å². The van der Waals surface area contributed by atoms with Crippen LogP contribution in [0.25, 0.3) is 0 Å². The zero-order valence-electron chi connectivity index (χ0n) is 14.2. The molecule has 0 radical (unpaired) electrons. The Morgan fingerprint density at radius 1 is 1.22 bits per heavy atom.